The standard InChI is InChI=1S/C10H22N2O/c1-8-4-5-12(6-9(2)11)7-10(8)13-3/h8-10H,4-7,11H2,1-3H3/t8?,9-,10?/m1/s1. The lowest BCUT2D eigenvalue weighted by molar-refractivity contribution is -0.00592. The summed E-state index contributed by atoms with van der Waals surface area (Å²) in [6.45, 7) is 7.52. The minimum Gasteiger partial charge on any atom is -0.380 e. The number of hydrogen-bond donors (Lipinski definition) is 1. The molecular formula is C10H22N2O. The summed E-state index contributed by atoms with van der Waals surface area (Å²) < 4.78 is 5.43. The third kappa shape index (κ3) is 3.25. The van der Waals surface area contributed by atoms with Crippen molar-refractivity contribution in [1.29, 1.82) is 0 Å². The van der Waals surface area contributed by atoms with E-state index in [9.17, 15) is 0 Å². The quantitative estimate of drug-likeness (QED) is 0.705. The average molecular weight is 186 g/mol. The van der Waals surface area contributed by atoms with E-state index in [4.69, 9.17) is 10.5 Å². The summed E-state index contributed by atoms with van der Waals surface area (Å²) in [5, 5.41) is 0. The van der Waals surface area contributed by atoms with Crippen LogP contribution in [0.3, 0.4) is 0 Å². The highest BCUT2D eigenvalue weighted by atomic mass is 16.5. The summed E-state index contributed by atoms with van der Waals surface area (Å²) in [4.78, 5) is 2.40. The molecule has 1 saturated heterocycles. The van der Waals surface area contributed by atoms with Crippen molar-refractivity contribution in [2.24, 2.45) is 11.7 Å². The van der Waals surface area contributed by atoms with Gasteiger partial charge in [0.1, 0.15) is 0 Å². The van der Waals surface area contributed by atoms with Gasteiger partial charge in [-0.3, -0.25) is 4.90 Å². The molecule has 1 fully saturated rings. The van der Waals surface area contributed by atoms with Crippen molar-refractivity contribution in [2.75, 3.05) is 26.7 Å². The van der Waals surface area contributed by atoms with Gasteiger partial charge in [0.25, 0.3) is 0 Å². The SMILES string of the molecule is COC1CN(C[C@@H](C)N)CCC1C. The van der Waals surface area contributed by atoms with E-state index < -0.39 is 0 Å². The molecule has 1 aliphatic rings. The molecule has 3 atom stereocenters. The summed E-state index contributed by atoms with van der Waals surface area (Å²) in [5.41, 5.74) is 5.76. The third-order valence-electron chi connectivity index (χ3n) is 2.82. The van der Waals surface area contributed by atoms with Gasteiger partial charge in [-0.05, 0) is 25.8 Å². The molecule has 0 aromatic carbocycles. The van der Waals surface area contributed by atoms with Crippen molar-refractivity contribution >= 4 is 0 Å². The van der Waals surface area contributed by atoms with E-state index in [2.05, 4.69) is 18.7 Å². The van der Waals surface area contributed by atoms with Crippen LogP contribution in [0, 0.1) is 5.92 Å². The maximum Gasteiger partial charge on any atom is 0.0724 e. The molecule has 1 heterocycles. The van der Waals surface area contributed by atoms with E-state index in [1.807, 2.05) is 0 Å². The van der Waals surface area contributed by atoms with Crippen LogP contribution in [0.5, 0.6) is 0 Å². The Morgan fingerprint density at radius 2 is 2.31 bits per heavy atom. The molecule has 2 unspecified atom stereocenters. The number of ether oxygens (including phenoxy) is 1. The molecule has 2 N–H and O–H groups in total. The highest BCUT2D eigenvalue weighted by molar-refractivity contribution is 4.79. The van der Waals surface area contributed by atoms with Gasteiger partial charge < -0.3 is 10.5 Å². The Morgan fingerprint density at radius 1 is 1.62 bits per heavy atom. The Bertz CT molecular complexity index is 150. The van der Waals surface area contributed by atoms with Crippen LogP contribution >= 0.6 is 0 Å². The zero-order chi connectivity index (χ0) is 9.84. The Labute approximate surface area is 81.2 Å². The van der Waals surface area contributed by atoms with Gasteiger partial charge in [0.05, 0.1) is 6.10 Å². The zero-order valence-corrected chi connectivity index (χ0v) is 8.99. The van der Waals surface area contributed by atoms with Gasteiger partial charge in [0.2, 0.25) is 0 Å². The third-order valence-corrected chi connectivity index (χ3v) is 2.82. The average Bonchev–Trinajstić information content (AvgIpc) is 2.07. The first-order valence-corrected chi connectivity index (χ1v) is 5.14. The monoisotopic (exact) mass is 186 g/mol. The van der Waals surface area contributed by atoms with Crippen molar-refractivity contribution in [1.82, 2.24) is 4.90 Å². The Hall–Kier alpha value is -0.120. The van der Waals surface area contributed by atoms with Crippen molar-refractivity contribution in [3.05, 3.63) is 0 Å². The van der Waals surface area contributed by atoms with Gasteiger partial charge in [0.15, 0.2) is 0 Å². The fourth-order valence-corrected chi connectivity index (χ4v) is 1.98. The summed E-state index contributed by atoms with van der Waals surface area (Å²) in [7, 11) is 1.80. The molecule has 0 amide bonds. The Morgan fingerprint density at radius 3 is 2.85 bits per heavy atom. The van der Waals surface area contributed by atoms with Crippen LogP contribution in [0.2, 0.25) is 0 Å². The number of hydrogen-bond acceptors (Lipinski definition) is 3. The summed E-state index contributed by atoms with van der Waals surface area (Å²) >= 11 is 0. The molecule has 13 heavy (non-hydrogen) atoms. The minimum absolute atomic E-state index is 0.269. The smallest absolute Gasteiger partial charge is 0.0724 e. The second-order valence-electron chi connectivity index (χ2n) is 4.28. The zero-order valence-electron chi connectivity index (χ0n) is 8.99. The Balaban J connectivity index is 2.36. The molecule has 0 saturated carbocycles. The molecular weight excluding hydrogens is 164 g/mol. The van der Waals surface area contributed by atoms with E-state index in [1.165, 1.54) is 13.0 Å². The van der Waals surface area contributed by atoms with E-state index in [0.717, 1.165) is 13.1 Å². The van der Waals surface area contributed by atoms with E-state index in [1.54, 1.807) is 7.11 Å². The van der Waals surface area contributed by atoms with Crippen LogP contribution in [-0.2, 0) is 4.74 Å². The highest BCUT2D eigenvalue weighted by Gasteiger charge is 2.25. The molecule has 0 aromatic rings. The fourth-order valence-electron chi connectivity index (χ4n) is 1.98. The van der Waals surface area contributed by atoms with Crippen LogP contribution in [0.1, 0.15) is 20.3 Å². The summed E-state index contributed by atoms with van der Waals surface area (Å²) in [5.74, 6) is 0.689. The minimum atomic E-state index is 0.269. The number of nitrogens with zero attached hydrogens (tertiary/aromatic N) is 1. The molecule has 3 heteroatoms. The molecule has 0 spiro atoms. The maximum atomic E-state index is 5.76. The number of methoxy groups -OCH3 is 1. The molecule has 0 radical (unpaired) electrons. The van der Waals surface area contributed by atoms with Crippen LogP contribution in [0.25, 0.3) is 0 Å². The van der Waals surface area contributed by atoms with Gasteiger partial charge in [-0.2, -0.15) is 0 Å². The molecule has 1 aliphatic heterocycles. The van der Waals surface area contributed by atoms with Gasteiger partial charge in [-0.15, -0.1) is 0 Å². The summed E-state index contributed by atoms with van der Waals surface area (Å²) in [6.07, 6.45) is 1.62. The first kappa shape index (κ1) is 11.0. The van der Waals surface area contributed by atoms with E-state index in [0.29, 0.717) is 12.0 Å². The predicted octanol–water partition coefficient (Wildman–Crippen LogP) is 0.690. The topological polar surface area (TPSA) is 38.5 Å². The fraction of sp³-hybridized carbons (Fsp3) is 1.00. The van der Waals surface area contributed by atoms with E-state index in [-0.39, 0.29) is 6.04 Å². The molecule has 1 rings (SSSR count). The molecule has 0 aromatic heterocycles. The number of likely N-dealkylation sites (tertiary alicyclic amines) is 1. The van der Waals surface area contributed by atoms with Crippen molar-refractivity contribution in [3.63, 3.8) is 0 Å². The number of rotatable bonds is 3. The lowest BCUT2D eigenvalue weighted by Crippen LogP contribution is -2.47. The molecule has 3 nitrogen and oxygen atoms in total. The van der Waals surface area contributed by atoms with Gasteiger partial charge >= 0.3 is 0 Å². The molecule has 0 aliphatic carbocycles. The molecule has 0 bridgehead atoms. The first-order chi connectivity index (χ1) is 6.13. The lowest BCUT2D eigenvalue weighted by atomic mass is 9.95. The number of piperidine rings is 1. The largest absolute Gasteiger partial charge is 0.380 e. The van der Waals surface area contributed by atoms with Crippen molar-refractivity contribution < 1.29 is 4.74 Å². The summed E-state index contributed by atoms with van der Waals surface area (Å²) in [6, 6.07) is 0.269. The predicted molar refractivity (Wildman–Crippen MR) is 54.7 cm³/mol. The highest BCUT2D eigenvalue weighted by Crippen LogP contribution is 2.19. The normalized spacial score (nSPS) is 33.2. The maximum absolute atomic E-state index is 5.76. The second-order valence-corrected chi connectivity index (χ2v) is 4.28. The van der Waals surface area contributed by atoms with Crippen LogP contribution in [-0.4, -0.2) is 43.8 Å². The van der Waals surface area contributed by atoms with E-state index >= 15 is 0 Å². The van der Waals surface area contributed by atoms with Gasteiger partial charge in [-0.1, -0.05) is 6.92 Å². The van der Waals surface area contributed by atoms with Crippen molar-refractivity contribution in [3.8, 4) is 0 Å². The molecule has 78 valence electrons. The van der Waals surface area contributed by atoms with Crippen LogP contribution < -0.4 is 5.73 Å². The first-order valence-electron chi connectivity index (χ1n) is 5.14. The Kier molecular flexibility index (Phi) is 4.16. The van der Waals surface area contributed by atoms with Crippen LogP contribution in [0.4, 0.5) is 0 Å². The second kappa shape index (κ2) is 4.94. The number of nitrogens with two attached hydrogens (primary N) is 1. The van der Waals surface area contributed by atoms with Gasteiger partial charge in [0, 0.05) is 26.2 Å². The van der Waals surface area contributed by atoms with Gasteiger partial charge in [-0.25, -0.2) is 0 Å². The van der Waals surface area contributed by atoms with Crippen LogP contribution in [0.15, 0.2) is 0 Å². The van der Waals surface area contributed by atoms with Crippen molar-refractivity contribution in [2.45, 2.75) is 32.4 Å². The lowest BCUT2D eigenvalue weighted by Gasteiger charge is -2.36.